The Morgan fingerprint density at radius 3 is 2.46 bits per heavy atom. The van der Waals surface area contributed by atoms with Crippen molar-refractivity contribution in [1.29, 1.82) is 0 Å². The molecule has 0 unspecified atom stereocenters. The lowest BCUT2D eigenvalue weighted by atomic mass is 9.99. The predicted octanol–water partition coefficient (Wildman–Crippen LogP) is 2.19. The minimum Gasteiger partial charge on any atom is -0.394 e. The smallest absolute Gasteiger partial charge is 0.255 e. The van der Waals surface area contributed by atoms with E-state index in [4.69, 9.17) is 0 Å². The largest absolute Gasteiger partial charge is 0.394 e. The van der Waals surface area contributed by atoms with Gasteiger partial charge in [0, 0.05) is 12.1 Å². The van der Waals surface area contributed by atoms with E-state index in [2.05, 4.69) is 5.32 Å². The third-order valence-corrected chi connectivity index (χ3v) is 4.55. The van der Waals surface area contributed by atoms with Gasteiger partial charge in [0.25, 0.3) is 5.91 Å². The van der Waals surface area contributed by atoms with E-state index in [0.29, 0.717) is 18.5 Å². The minimum atomic E-state index is -0.516. The molecule has 0 fully saturated rings. The van der Waals surface area contributed by atoms with E-state index in [1.807, 2.05) is 52.0 Å². The van der Waals surface area contributed by atoms with Gasteiger partial charge in [-0.15, -0.1) is 0 Å². The topological polar surface area (TPSA) is 69.6 Å². The summed E-state index contributed by atoms with van der Waals surface area (Å²) in [5, 5.41) is 12.4. The molecule has 5 nitrogen and oxygen atoms in total. The average Bonchev–Trinajstić information content (AvgIpc) is 2.86. The number of aliphatic hydroxyl groups excluding tert-OH is 1. The Hall–Kier alpha value is -1.88. The van der Waals surface area contributed by atoms with Gasteiger partial charge in [0.15, 0.2) is 0 Å². The molecular formula is C19H28N2O3. The molecule has 24 heavy (non-hydrogen) atoms. The quantitative estimate of drug-likeness (QED) is 0.804. The summed E-state index contributed by atoms with van der Waals surface area (Å²) in [5.74, 6) is 0.142. The highest BCUT2D eigenvalue weighted by atomic mass is 16.3. The highest BCUT2D eigenvalue weighted by Gasteiger charge is 2.37. The van der Waals surface area contributed by atoms with Gasteiger partial charge in [0.2, 0.25) is 5.91 Å². The molecule has 0 aromatic heterocycles. The second kappa shape index (κ2) is 7.79. The molecule has 0 bridgehead atoms. The van der Waals surface area contributed by atoms with Crippen LogP contribution in [-0.4, -0.2) is 40.5 Å². The van der Waals surface area contributed by atoms with Gasteiger partial charge in [-0.25, -0.2) is 0 Å². The van der Waals surface area contributed by atoms with Crippen LogP contribution in [0.1, 0.15) is 50.0 Å². The number of carbonyl (C=O) groups is 2. The first-order valence-corrected chi connectivity index (χ1v) is 8.65. The molecular weight excluding hydrogens is 304 g/mol. The number of amides is 2. The third kappa shape index (κ3) is 3.96. The number of benzene rings is 1. The molecule has 1 aliphatic rings. The van der Waals surface area contributed by atoms with Crippen LogP contribution >= 0.6 is 0 Å². The zero-order valence-corrected chi connectivity index (χ0v) is 15.0. The summed E-state index contributed by atoms with van der Waals surface area (Å²) in [6.45, 7) is 8.35. The molecule has 1 aromatic carbocycles. The van der Waals surface area contributed by atoms with Gasteiger partial charge >= 0.3 is 0 Å². The van der Waals surface area contributed by atoms with E-state index in [1.54, 1.807) is 4.90 Å². The summed E-state index contributed by atoms with van der Waals surface area (Å²) in [5.41, 5.74) is 1.65. The molecule has 5 heteroatoms. The van der Waals surface area contributed by atoms with E-state index in [0.717, 1.165) is 5.56 Å². The third-order valence-electron chi connectivity index (χ3n) is 4.55. The summed E-state index contributed by atoms with van der Waals surface area (Å²) in [6, 6.07) is 6.69. The standard InChI is InChI=1S/C19H28N2O3/c1-12(2)9-17(18(23)20-16(11-22)13(3)4)21-10-14-7-5-6-8-15(14)19(21)24/h5-8,12-13,16-17,22H,9-11H2,1-4H3,(H,20,23)/t16-,17+/m1/s1. The van der Waals surface area contributed by atoms with Crippen LogP contribution in [-0.2, 0) is 11.3 Å². The highest BCUT2D eigenvalue weighted by molar-refractivity contribution is 6.01. The van der Waals surface area contributed by atoms with Crippen molar-refractivity contribution in [3.63, 3.8) is 0 Å². The molecule has 0 spiro atoms. The maximum Gasteiger partial charge on any atom is 0.255 e. The molecule has 0 radical (unpaired) electrons. The SMILES string of the molecule is CC(C)C[C@@H](C(=O)N[C@H](CO)C(C)C)N1Cc2ccccc2C1=O. The summed E-state index contributed by atoms with van der Waals surface area (Å²) in [7, 11) is 0. The van der Waals surface area contributed by atoms with Crippen LogP contribution in [0, 0.1) is 11.8 Å². The fourth-order valence-electron chi connectivity index (χ4n) is 3.05. The zero-order valence-electron chi connectivity index (χ0n) is 15.0. The monoisotopic (exact) mass is 332 g/mol. The van der Waals surface area contributed by atoms with Crippen molar-refractivity contribution in [2.24, 2.45) is 11.8 Å². The number of hydrogen-bond acceptors (Lipinski definition) is 3. The summed E-state index contributed by atoms with van der Waals surface area (Å²) < 4.78 is 0. The maximum atomic E-state index is 12.8. The van der Waals surface area contributed by atoms with Crippen LogP contribution in [0.3, 0.4) is 0 Å². The van der Waals surface area contributed by atoms with Gasteiger partial charge in [-0.2, -0.15) is 0 Å². The Labute approximate surface area is 144 Å². The molecule has 0 saturated heterocycles. The van der Waals surface area contributed by atoms with E-state index < -0.39 is 6.04 Å². The normalized spacial score (nSPS) is 16.5. The second-order valence-electron chi connectivity index (χ2n) is 7.28. The van der Waals surface area contributed by atoms with Gasteiger partial charge in [0.05, 0.1) is 12.6 Å². The molecule has 1 aliphatic heterocycles. The summed E-state index contributed by atoms with van der Waals surface area (Å²) >= 11 is 0. The molecule has 132 valence electrons. The number of nitrogens with one attached hydrogen (secondary N) is 1. The molecule has 2 rings (SSSR count). The fourth-order valence-corrected chi connectivity index (χ4v) is 3.05. The number of hydrogen-bond donors (Lipinski definition) is 2. The number of aliphatic hydroxyl groups is 1. The first-order valence-electron chi connectivity index (χ1n) is 8.65. The van der Waals surface area contributed by atoms with Crippen molar-refractivity contribution in [3.8, 4) is 0 Å². The van der Waals surface area contributed by atoms with Crippen LogP contribution in [0.4, 0.5) is 0 Å². The lowest BCUT2D eigenvalue weighted by molar-refractivity contribution is -0.127. The van der Waals surface area contributed by atoms with Crippen molar-refractivity contribution in [1.82, 2.24) is 10.2 Å². The van der Waals surface area contributed by atoms with Crippen LogP contribution in [0.25, 0.3) is 0 Å². The van der Waals surface area contributed by atoms with E-state index in [9.17, 15) is 14.7 Å². The van der Waals surface area contributed by atoms with Crippen LogP contribution in [0.15, 0.2) is 24.3 Å². The van der Waals surface area contributed by atoms with Crippen molar-refractivity contribution < 1.29 is 14.7 Å². The number of rotatable bonds is 7. The number of fused-ring (bicyclic) bond motifs is 1. The lowest BCUT2D eigenvalue weighted by Crippen LogP contribution is -2.52. The van der Waals surface area contributed by atoms with Crippen LogP contribution < -0.4 is 5.32 Å². The minimum absolute atomic E-state index is 0.0866. The summed E-state index contributed by atoms with van der Waals surface area (Å²) in [4.78, 5) is 27.2. The van der Waals surface area contributed by atoms with E-state index >= 15 is 0 Å². The van der Waals surface area contributed by atoms with Gasteiger partial charge < -0.3 is 15.3 Å². The molecule has 1 aromatic rings. The van der Waals surface area contributed by atoms with Crippen molar-refractivity contribution in [3.05, 3.63) is 35.4 Å². The van der Waals surface area contributed by atoms with Crippen molar-refractivity contribution in [2.45, 2.75) is 52.7 Å². The lowest BCUT2D eigenvalue weighted by Gasteiger charge is -2.30. The zero-order chi connectivity index (χ0) is 17.9. The Morgan fingerprint density at radius 2 is 1.92 bits per heavy atom. The number of nitrogens with zero attached hydrogens (tertiary/aromatic N) is 1. The van der Waals surface area contributed by atoms with Gasteiger partial charge in [-0.3, -0.25) is 9.59 Å². The molecule has 0 saturated carbocycles. The molecule has 2 atom stereocenters. The highest BCUT2D eigenvalue weighted by Crippen LogP contribution is 2.27. The average molecular weight is 332 g/mol. The molecule has 0 aliphatic carbocycles. The Morgan fingerprint density at radius 1 is 1.25 bits per heavy atom. The molecule has 2 amide bonds. The van der Waals surface area contributed by atoms with Gasteiger partial charge in [-0.1, -0.05) is 45.9 Å². The Bertz CT molecular complexity index is 598. The second-order valence-corrected chi connectivity index (χ2v) is 7.28. The van der Waals surface area contributed by atoms with Crippen LogP contribution in [0.2, 0.25) is 0 Å². The fraction of sp³-hybridized carbons (Fsp3) is 0.579. The van der Waals surface area contributed by atoms with Crippen molar-refractivity contribution >= 4 is 11.8 Å². The van der Waals surface area contributed by atoms with Gasteiger partial charge in [0.1, 0.15) is 6.04 Å². The first kappa shape index (κ1) is 18.5. The van der Waals surface area contributed by atoms with E-state index in [-0.39, 0.29) is 36.3 Å². The molecule has 1 heterocycles. The van der Waals surface area contributed by atoms with Crippen LogP contribution in [0.5, 0.6) is 0 Å². The van der Waals surface area contributed by atoms with Crippen molar-refractivity contribution in [2.75, 3.05) is 6.61 Å². The predicted molar refractivity (Wildman–Crippen MR) is 93.4 cm³/mol. The van der Waals surface area contributed by atoms with Gasteiger partial charge in [-0.05, 0) is 29.9 Å². The maximum absolute atomic E-state index is 12.8. The van der Waals surface area contributed by atoms with E-state index in [1.165, 1.54) is 0 Å². The number of carbonyl (C=O) groups excluding carboxylic acids is 2. The Kier molecular flexibility index (Phi) is 5.99. The first-order chi connectivity index (χ1) is 11.3. The Balaban J connectivity index is 2.20. The molecule has 2 N–H and O–H groups in total. The summed E-state index contributed by atoms with van der Waals surface area (Å²) in [6.07, 6.45) is 0.599.